The Morgan fingerprint density at radius 1 is 0.313 bits per heavy atom. The number of esters is 3. The Kier molecular flexibility index (Phi) is 53.3. The summed E-state index contributed by atoms with van der Waals surface area (Å²) in [5.41, 5.74) is 0. The van der Waals surface area contributed by atoms with E-state index in [1.165, 1.54) is 167 Å². The molecule has 1 atom stereocenters. The van der Waals surface area contributed by atoms with Gasteiger partial charge in [-0.1, -0.05) is 248 Å². The Morgan fingerprint density at radius 2 is 0.582 bits per heavy atom. The van der Waals surface area contributed by atoms with Crippen LogP contribution >= 0.6 is 0 Å². The fraction of sp³-hybridized carbons (Fsp3) is 0.787. The summed E-state index contributed by atoms with van der Waals surface area (Å²) in [5, 5.41) is 0. The molecule has 0 spiro atoms. The van der Waals surface area contributed by atoms with Crippen molar-refractivity contribution in [3.05, 3.63) is 60.8 Å². The number of carbonyl (C=O) groups excluding carboxylic acids is 3. The van der Waals surface area contributed by atoms with Crippen LogP contribution in [-0.2, 0) is 28.6 Å². The van der Waals surface area contributed by atoms with Gasteiger partial charge in [0.25, 0.3) is 0 Å². The van der Waals surface area contributed by atoms with Gasteiger partial charge in [-0.25, -0.2) is 0 Å². The Labute approximate surface area is 415 Å². The maximum atomic E-state index is 12.8. The Morgan fingerprint density at radius 3 is 0.955 bits per heavy atom. The molecule has 0 aromatic rings. The first kappa shape index (κ1) is 64.1. The molecule has 0 saturated heterocycles. The monoisotopic (exact) mass is 937 g/mol. The van der Waals surface area contributed by atoms with Crippen LogP contribution in [0.1, 0.15) is 290 Å². The normalized spacial score (nSPS) is 12.5. The summed E-state index contributed by atoms with van der Waals surface area (Å²) >= 11 is 0. The van der Waals surface area contributed by atoms with Crippen molar-refractivity contribution in [1.29, 1.82) is 0 Å². The topological polar surface area (TPSA) is 78.9 Å². The number of rotatable bonds is 52. The van der Waals surface area contributed by atoms with Gasteiger partial charge in [0.2, 0.25) is 0 Å². The highest BCUT2D eigenvalue weighted by atomic mass is 16.6. The minimum absolute atomic E-state index is 0.0887. The zero-order valence-corrected chi connectivity index (χ0v) is 44.4. The van der Waals surface area contributed by atoms with Gasteiger partial charge < -0.3 is 14.2 Å². The van der Waals surface area contributed by atoms with Crippen molar-refractivity contribution in [2.24, 2.45) is 0 Å². The molecule has 0 aromatic heterocycles. The van der Waals surface area contributed by atoms with E-state index in [-0.39, 0.29) is 37.5 Å². The predicted molar refractivity (Wildman–Crippen MR) is 288 cm³/mol. The van der Waals surface area contributed by atoms with Crippen molar-refractivity contribution in [1.82, 2.24) is 0 Å². The first-order chi connectivity index (χ1) is 33.0. The molecule has 67 heavy (non-hydrogen) atoms. The smallest absolute Gasteiger partial charge is 0.306 e. The van der Waals surface area contributed by atoms with Gasteiger partial charge in [-0.15, -0.1) is 0 Å². The first-order valence-corrected chi connectivity index (χ1v) is 28.8. The molecule has 0 aliphatic heterocycles. The second-order valence-electron chi connectivity index (χ2n) is 19.2. The molecule has 0 aliphatic rings. The summed E-state index contributed by atoms with van der Waals surface area (Å²) in [6.07, 6.45) is 69.7. The van der Waals surface area contributed by atoms with Crippen molar-refractivity contribution in [3.8, 4) is 0 Å². The molecular formula is C61H108O6. The minimum Gasteiger partial charge on any atom is -0.462 e. The molecule has 0 fully saturated rings. The van der Waals surface area contributed by atoms with Gasteiger partial charge >= 0.3 is 17.9 Å². The van der Waals surface area contributed by atoms with Crippen LogP contribution in [-0.4, -0.2) is 37.2 Å². The van der Waals surface area contributed by atoms with Crippen molar-refractivity contribution in [2.75, 3.05) is 13.2 Å². The van der Waals surface area contributed by atoms with Gasteiger partial charge in [-0.05, 0) is 83.5 Å². The molecule has 0 rings (SSSR count). The third kappa shape index (κ3) is 53.9. The van der Waals surface area contributed by atoms with Crippen LogP contribution in [0.15, 0.2) is 60.8 Å². The SMILES string of the molecule is CC/C=C\C/C=C\C/C=C\C/C=C\CCCCC(=O)OC(COC(=O)CCCCCCCCC)COC(=O)CCCCCCCCCCCCCCCCC/C=C\CCCCCCCCCC. The van der Waals surface area contributed by atoms with Gasteiger partial charge in [-0.3, -0.25) is 14.4 Å². The summed E-state index contributed by atoms with van der Waals surface area (Å²) in [6.45, 7) is 6.47. The maximum absolute atomic E-state index is 12.8. The molecule has 6 nitrogen and oxygen atoms in total. The second-order valence-corrected chi connectivity index (χ2v) is 19.2. The van der Waals surface area contributed by atoms with E-state index in [9.17, 15) is 14.4 Å². The molecule has 388 valence electrons. The average molecular weight is 938 g/mol. The predicted octanol–water partition coefficient (Wildman–Crippen LogP) is 19.2. The van der Waals surface area contributed by atoms with Gasteiger partial charge in [0.15, 0.2) is 6.10 Å². The minimum atomic E-state index is -0.791. The van der Waals surface area contributed by atoms with E-state index >= 15 is 0 Å². The van der Waals surface area contributed by atoms with Crippen LogP contribution in [0.4, 0.5) is 0 Å². The van der Waals surface area contributed by atoms with Gasteiger partial charge in [-0.2, -0.15) is 0 Å². The highest BCUT2D eigenvalue weighted by molar-refractivity contribution is 5.71. The lowest BCUT2D eigenvalue weighted by molar-refractivity contribution is -0.167. The molecule has 0 saturated carbocycles. The highest BCUT2D eigenvalue weighted by Gasteiger charge is 2.19. The van der Waals surface area contributed by atoms with Crippen LogP contribution in [0.5, 0.6) is 0 Å². The van der Waals surface area contributed by atoms with Crippen LogP contribution in [0, 0.1) is 0 Å². The number of hydrogen-bond acceptors (Lipinski definition) is 6. The second kappa shape index (κ2) is 55.7. The van der Waals surface area contributed by atoms with E-state index in [1.807, 2.05) is 0 Å². The number of allylic oxidation sites excluding steroid dienone is 10. The van der Waals surface area contributed by atoms with Crippen molar-refractivity contribution in [3.63, 3.8) is 0 Å². The molecule has 0 N–H and O–H groups in total. The molecule has 0 amide bonds. The molecule has 1 unspecified atom stereocenters. The van der Waals surface area contributed by atoms with Crippen molar-refractivity contribution in [2.45, 2.75) is 297 Å². The van der Waals surface area contributed by atoms with E-state index < -0.39 is 6.10 Å². The van der Waals surface area contributed by atoms with E-state index in [1.54, 1.807) is 0 Å². The molecule has 0 bridgehead atoms. The quantitative estimate of drug-likeness (QED) is 0.0262. The molecule has 0 aliphatic carbocycles. The Balaban J connectivity index is 4.11. The lowest BCUT2D eigenvalue weighted by Gasteiger charge is -2.18. The van der Waals surface area contributed by atoms with Gasteiger partial charge in [0, 0.05) is 19.3 Å². The van der Waals surface area contributed by atoms with Crippen molar-refractivity contribution < 1.29 is 28.6 Å². The van der Waals surface area contributed by atoms with Gasteiger partial charge in [0.1, 0.15) is 13.2 Å². The lowest BCUT2D eigenvalue weighted by Crippen LogP contribution is -2.30. The largest absolute Gasteiger partial charge is 0.462 e. The van der Waals surface area contributed by atoms with Gasteiger partial charge in [0.05, 0.1) is 0 Å². The standard InChI is InChI=1S/C61H108O6/c1-4-7-10-13-16-18-20-22-24-25-26-27-28-29-30-31-32-33-34-35-37-38-40-42-45-48-51-54-60(63)66-57-58(56-65-59(62)53-50-47-44-15-12-9-6-3)67-61(64)55-52-49-46-43-41-39-36-23-21-19-17-14-11-8-5-2/h8,11,17,19,23,25-26,36,41,43,58H,4-7,9-10,12-16,18,20-22,24,27-35,37-40,42,44-57H2,1-3H3/b11-8-,19-17-,26-25-,36-23-,43-41-. The molecular weight excluding hydrogens is 829 g/mol. The van der Waals surface area contributed by atoms with E-state index in [4.69, 9.17) is 14.2 Å². The summed E-state index contributed by atoms with van der Waals surface area (Å²) in [7, 11) is 0. The van der Waals surface area contributed by atoms with E-state index in [2.05, 4.69) is 81.5 Å². The molecule has 6 heteroatoms. The fourth-order valence-corrected chi connectivity index (χ4v) is 8.19. The summed E-state index contributed by atoms with van der Waals surface area (Å²) in [5.74, 6) is -0.929. The maximum Gasteiger partial charge on any atom is 0.306 e. The molecule has 0 heterocycles. The van der Waals surface area contributed by atoms with Crippen molar-refractivity contribution >= 4 is 17.9 Å². The summed E-state index contributed by atoms with van der Waals surface area (Å²) < 4.78 is 16.7. The van der Waals surface area contributed by atoms with Crippen LogP contribution in [0.2, 0.25) is 0 Å². The zero-order chi connectivity index (χ0) is 48.6. The number of hydrogen-bond donors (Lipinski definition) is 0. The third-order valence-corrected chi connectivity index (χ3v) is 12.5. The summed E-state index contributed by atoms with van der Waals surface area (Å²) in [6, 6.07) is 0. The molecule has 0 aromatic carbocycles. The number of unbranched alkanes of at least 4 members (excludes halogenated alkanes) is 31. The number of ether oxygens (including phenoxy) is 3. The summed E-state index contributed by atoms with van der Waals surface area (Å²) in [4.78, 5) is 37.9. The number of carbonyl (C=O) groups is 3. The first-order valence-electron chi connectivity index (χ1n) is 28.8. The zero-order valence-electron chi connectivity index (χ0n) is 44.4. The average Bonchev–Trinajstić information content (AvgIpc) is 3.33. The van der Waals surface area contributed by atoms with E-state index in [0.717, 1.165) is 77.0 Å². The fourth-order valence-electron chi connectivity index (χ4n) is 8.19. The van der Waals surface area contributed by atoms with Crippen LogP contribution in [0.3, 0.4) is 0 Å². The molecule has 0 radical (unpaired) electrons. The van der Waals surface area contributed by atoms with Crippen LogP contribution in [0.25, 0.3) is 0 Å². The highest BCUT2D eigenvalue weighted by Crippen LogP contribution is 2.16. The Hall–Kier alpha value is -2.89. The van der Waals surface area contributed by atoms with Crippen LogP contribution < -0.4 is 0 Å². The third-order valence-electron chi connectivity index (χ3n) is 12.5. The Bertz CT molecular complexity index is 1210. The van der Waals surface area contributed by atoms with E-state index in [0.29, 0.717) is 19.3 Å². The lowest BCUT2D eigenvalue weighted by atomic mass is 10.0.